The first-order valence-corrected chi connectivity index (χ1v) is 6.86. The zero-order valence-corrected chi connectivity index (χ0v) is 12.2. The summed E-state index contributed by atoms with van der Waals surface area (Å²) >= 11 is 6.07. The molecule has 0 aliphatic heterocycles. The molecule has 106 valence electrons. The van der Waals surface area contributed by atoms with Crippen molar-refractivity contribution in [2.45, 2.75) is 32.3 Å². The van der Waals surface area contributed by atoms with Crippen LogP contribution in [0, 0.1) is 0 Å². The van der Waals surface area contributed by atoms with Gasteiger partial charge in [0.1, 0.15) is 5.60 Å². The van der Waals surface area contributed by atoms with Gasteiger partial charge in [-0.25, -0.2) is 0 Å². The average molecular weight is 284 g/mol. The van der Waals surface area contributed by atoms with Crippen molar-refractivity contribution in [3.05, 3.63) is 34.9 Å². The van der Waals surface area contributed by atoms with Crippen LogP contribution in [-0.4, -0.2) is 24.2 Å². The fourth-order valence-electron chi connectivity index (χ4n) is 1.67. The molecule has 1 rings (SSSR count). The van der Waals surface area contributed by atoms with Crippen molar-refractivity contribution in [1.29, 1.82) is 0 Å². The third-order valence-corrected chi connectivity index (χ3v) is 3.18. The zero-order chi connectivity index (χ0) is 14.3. The number of halogens is 1. The van der Waals surface area contributed by atoms with Crippen molar-refractivity contribution >= 4 is 17.6 Å². The monoisotopic (exact) mass is 283 g/mol. The first kappa shape index (κ1) is 15.8. The second-order valence-corrected chi connectivity index (χ2v) is 5.14. The average Bonchev–Trinajstić information content (AvgIpc) is 2.37. The molecule has 0 saturated carbocycles. The molecule has 0 aliphatic rings. The molecule has 4 N–H and O–H groups in total. The Morgan fingerprint density at radius 3 is 2.79 bits per heavy atom. The fraction of sp³-hybridized carbons (Fsp3) is 0.500. The molecule has 1 unspecified atom stereocenters. The Balaban J connectivity index is 2.64. The van der Waals surface area contributed by atoms with Gasteiger partial charge in [0.25, 0.3) is 0 Å². The largest absolute Gasteiger partial charge is 0.383 e. The van der Waals surface area contributed by atoms with E-state index >= 15 is 0 Å². The van der Waals surface area contributed by atoms with Crippen LogP contribution in [0.4, 0.5) is 0 Å². The number of hydrogen-bond acceptors (Lipinski definition) is 2. The minimum Gasteiger partial charge on any atom is -0.383 e. The highest BCUT2D eigenvalue weighted by Gasteiger charge is 2.25. The Labute approximate surface area is 119 Å². The summed E-state index contributed by atoms with van der Waals surface area (Å²) in [5, 5.41) is 13.9. The molecule has 19 heavy (non-hydrogen) atoms. The van der Waals surface area contributed by atoms with E-state index in [0.29, 0.717) is 16.5 Å². The van der Waals surface area contributed by atoms with E-state index in [1.165, 1.54) is 0 Å². The summed E-state index contributed by atoms with van der Waals surface area (Å²) in [7, 11) is 0. The molecule has 0 amide bonds. The van der Waals surface area contributed by atoms with Gasteiger partial charge in [-0.3, -0.25) is 4.99 Å². The van der Waals surface area contributed by atoms with Crippen LogP contribution in [0.2, 0.25) is 5.02 Å². The number of benzene rings is 1. The van der Waals surface area contributed by atoms with Gasteiger partial charge in [0.05, 0.1) is 6.54 Å². The van der Waals surface area contributed by atoms with Gasteiger partial charge in [-0.15, -0.1) is 0 Å². The van der Waals surface area contributed by atoms with E-state index in [-0.39, 0.29) is 6.54 Å². The van der Waals surface area contributed by atoms with Crippen LogP contribution in [0.15, 0.2) is 29.3 Å². The highest BCUT2D eigenvalue weighted by Crippen LogP contribution is 2.27. The van der Waals surface area contributed by atoms with Gasteiger partial charge in [0, 0.05) is 17.1 Å². The zero-order valence-electron chi connectivity index (χ0n) is 11.5. The molecule has 0 heterocycles. The molecule has 1 atom stereocenters. The smallest absolute Gasteiger partial charge is 0.188 e. The Bertz CT molecular complexity index is 432. The molecule has 5 heteroatoms. The Morgan fingerprint density at radius 2 is 2.16 bits per heavy atom. The molecule has 0 saturated heterocycles. The van der Waals surface area contributed by atoms with E-state index in [1.807, 2.05) is 12.1 Å². The molecule has 0 aliphatic carbocycles. The van der Waals surface area contributed by atoms with Crippen LogP contribution in [0.3, 0.4) is 0 Å². The van der Waals surface area contributed by atoms with Gasteiger partial charge in [-0.2, -0.15) is 0 Å². The second-order valence-electron chi connectivity index (χ2n) is 4.74. The van der Waals surface area contributed by atoms with Crippen LogP contribution in [0.25, 0.3) is 0 Å². The van der Waals surface area contributed by atoms with Crippen molar-refractivity contribution < 1.29 is 5.11 Å². The SMILES string of the molecule is CCCCNC(N)=NCC(C)(O)c1ccccc1Cl. The van der Waals surface area contributed by atoms with Crippen molar-refractivity contribution in [2.75, 3.05) is 13.1 Å². The van der Waals surface area contributed by atoms with Crippen molar-refractivity contribution in [3.8, 4) is 0 Å². The number of rotatable bonds is 6. The van der Waals surface area contributed by atoms with Gasteiger partial charge in [0.2, 0.25) is 0 Å². The first-order valence-electron chi connectivity index (χ1n) is 6.48. The Morgan fingerprint density at radius 1 is 1.47 bits per heavy atom. The van der Waals surface area contributed by atoms with Crippen LogP contribution in [0.5, 0.6) is 0 Å². The van der Waals surface area contributed by atoms with E-state index in [9.17, 15) is 5.11 Å². The minimum atomic E-state index is -1.13. The molecule has 1 aromatic carbocycles. The van der Waals surface area contributed by atoms with E-state index in [2.05, 4.69) is 17.2 Å². The maximum Gasteiger partial charge on any atom is 0.188 e. The summed E-state index contributed by atoms with van der Waals surface area (Å²) in [6.45, 7) is 4.75. The van der Waals surface area contributed by atoms with Gasteiger partial charge < -0.3 is 16.2 Å². The number of nitrogens with one attached hydrogen (secondary N) is 1. The predicted molar refractivity (Wildman–Crippen MR) is 80.4 cm³/mol. The number of nitrogens with zero attached hydrogens (tertiary/aromatic N) is 1. The molecule has 0 aromatic heterocycles. The van der Waals surface area contributed by atoms with Crippen LogP contribution in [-0.2, 0) is 5.60 Å². The molecule has 4 nitrogen and oxygen atoms in total. The number of aliphatic hydroxyl groups is 1. The van der Waals surface area contributed by atoms with E-state index < -0.39 is 5.60 Å². The van der Waals surface area contributed by atoms with Crippen molar-refractivity contribution in [3.63, 3.8) is 0 Å². The molecular formula is C14H22ClN3O. The maximum absolute atomic E-state index is 10.4. The van der Waals surface area contributed by atoms with E-state index in [0.717, 1.165) is 19.4 Å². The lowest BCUT2D eigenvalue weighted by Crippen LogP contribution is -2.35. The molecule has 0 radical (unpaired) electrons. The van der Waals surface area contributed by atoms with Crippen molar-refractivity contribution in [2.24, 2.45) is 10.7 Å². The van der Waals surface area contributed by atoms with Gasteiger partial charge in [0.15, 0.2) is 5.96 Å². The molecule has 0 fully saturated rings. The lowest BCUT2D eigenvalue weighted by atomic mass is 9.96. The molecular weight excluding hydrogens is 262 g/mol. The summed E-state index contributed by atoms with van der Waals surface area (Å²) < 4.78 is 0. The quantitative estimate of drug-likeness (QED) is 0.426. The number of guanidine groups is 1. The van der Waals surface area contributed by atoms with Gasteiger partial charge >= 0.3 is 0 Å². The van der Waals surface area contributed by atoms with E-state index in [4.69, 9.17) is 17.3 Å². The predicted octanol–water partition coefficient (Wildman–Crippen LogP) is 2.25. The summed E-state index contributed by atoms with van der Waals surface area (Å²) in [6, 6.07) is 7.20. The summed E-state index contributed by atoms with van der Waals surface area (Å²) in [4.78, 5) is 4.16. The standard InChI is InChI=1S/C14H22ClN3O/c1-3-4-9-17-13(16)18-10-14(2,19)11-7-5-6-8-12(11)15/h5-8,19H,3-4,9-10H2,1-2H3,(H3,16,17,18). The lowest BCUT2D eigenvalue weighted by molar-refractivity contribution is 0.0674. The number of aliphatic imine (C=N–C) groups is 1. The van der Waals surface area contributed by atoms with Gasteiger partial charge in [-0.05, 0) is 19.4 Å². The highest BCUT2D eigenvalue weighted by atomic mass is 35.5. The summed E-state index contributed by atoms with van der Waals surface area (Å²) in [5.74, 6) is 0.348. The molecule has 0 spiro atoms. The first-order chi connectivity index (χ1) is 8.97. The van der Waals surface area contributed by atoms with Crippen LogP contribution in [0.1, 0.15) is 32.3 Å². The normalized spacial score (nSPS) is 15.1. The third-order valence-electron chi connectivity index (χ3n) is 2.85. The number of nitrogens with two attached hydrogens (primary N) is 1. The van der Waals surface area contributed by atoms with E-state index in [1.54, 1.807) is 19.1 Å². The second kappa shape index (κ2) is 7.36. The van der Waals surface area contributed by atoms with Crippen LogP contribution >= 0.6 is 11.6 Å². The summed E-state index contributed by atoms with van der Waals surface area (Å²) in [6.07, 6.45) is 2.13. The van der Waals surface area contributed by atoms with Crippen molar-refractivity contribution in [1.82, 2.24) is 5.32 Å². The molecule has 0 bridgehead atoms. The molecule has 1 aromatic rings. The minimum absolute atomic E-state index is 0.168. The maximum atomic E-state index is 10.4. The Kier molecular flexibility index (Phi) is 6.12. The Hall–Kier alpha value is -1.26. The lowest BCUT2D eigenvalue weighted by Gasteiger charge is -2.23. The fourth-order valence-corrected chi connectivity index (χ4v) is 2.01. The highest BCUT2D eigenvalue weighted by molar-refractivity contribution is 6.31. The van der Waals surface area contributed by atoms with Gasteiger partial charge in [-0.1, -0.05) is 43.1 Å². The topological polar surface area (TPSA) is 70.6 Å². The number of unbranched alkanes of at least 4 members (excludes halogenated alkanes) is 1. The summed E-state index contributed by atoms with van der Waals surface area (Å²) in [5.41, 5.74) is 5.26. The third kappa shape index (κ3) is 5.09. The van der Waals surface area contributed by atoms with Crippen LogP contribution < -0.4 is 11.1 Å². The number of hydrogen-bond donors (Lipinski definition) is 3.